The van der Waals surface area contributed by atoms with E-state index in [1.165, 1.54) is 17.0 Å². The average Bonchev–Trinajstić information content (AvgIpc) is 3.08. The van der Waals surface area contributed by atoms with Gasteiger partial charge in [-0.05, 0) is 48.7 Å². The lowest BCUT2D eigenvalue weighted by Crippen LogP contribution is -2.34. The Kier molecular flexibility index (Phi) is 5.76. The van der Waals surface area contributed by atoms with E-state index in [2.05, 4.69) is 5.32 Å². The van der Waals surface area contributed by atoms with Crippen molar-refractivity contribution in [3.05, 3.63) is 94.9 Å². The second kappa shape index (κ2) is 9.02. The maximum atomic E-state index is 13.4. The minimum Gasteiger partial charge on any atom is -0.486 e. The van der Waals surface area contributed by atoms with Crippen LogP contribution in [0.25, 0.3) is 5.57 Å². The number of rotatable bonds is 6. The Hall–Kier alpha value is -4.13. The summed E-state index contributed by atoms with van der Waals surface area (Å²) in [5.74, 6) is 0.123. The van der Waals surface area contributed by atoms with Crippen LogP contribution in [-0.2, 0) is 16.0 Å². The molecule has 0 radical (unpaired) electrons. The number of ether oxygens (including phenoxy) is 2. The van der Waals surface area contributed by atoms with Crippen LogP contribution in [0.5, 0.6) is 11.5 Å². The summed E-state index contributed by atoms with van der Waals surface area (Å²) in [4.78, 5) is 28.1. The Morgan fingerprint density at radius 1 is 0.882 bits per heavy atom. The molecule has 0 fully saturated rings. The summed E-state index contributed by atoms with van der Waals surface area (Å²) in [6.07, 6.45) is 0.427. The molecule has 0 saturated heterocycles. The summed E-state index contributed by atoms with van der Waals surface area (Å²) in [6, 6.07) is 18.9. The molecule has 172 valence electrons. The largest absolute Gasteiger partial charge is 0.486 e. The van der Waals surface area contributed by atoms with Crippen molar-refractivity contribution in [2.75, 3.05) is 25.1 Å². The number of fused-ring (bicyclic) bond motifs is 1. The first-order valence-corrected chi connectivity index (χ1v) is 11.1. The van der Waals surface area contributed by atoms with E-state index in [-0.39, 0.29) is 24.0 Å². The van der Waals surface area contributed by atoms with Gasteiger partial charge in [-0.3, -0.25) is 14.5 Å². The third kappa shape index (κ3) is 4.24. The molecule has 0 aromatic heterocycles. The number of amides is 2. The highest BCUT2D eigenvalue weighted by atomic mass is 19.1. The molecule has 0 aliphatic carbocycles. The van der Waals surface area contributed by atoms with Crippen molar-refractivity contribution >= 4 is 23.1 Å². The number of nitrogens with one attached hydrogen (secondary N) is 1. The van der Waals surface area contributed by atoms with Crippen molar-refractivity contribution in [3.8, 4) is 11.5 Å². The lowest BCUT2D eigenvalue weighted by molar-refractivity contribution is -0.136. The fraction of sp³-hybridized carbons (Fsp3) is 0.185. The summed E-state index contributed by atoms with van der Waals surface area (Å²) in [5, 5.41) is 3.15. The number of halogens is 1. The maximum Gasteiger partial charge on any atom is 0.278 e. The molecule has 0 atom stereocenters. The molecule has 0 saturated carbocycles. The lowest BCUT2D eigenvalue weighted by Gasteiger charge is -2.19. The van der Waals surface area contributed by atoms with E-state index in [9.17, 15) is 14.0 Å². The topological polar surface area (TPSA) is 67.9 Å². The minimum absolute atomic E-state index is 0.185. The summed E-state index contributed by atoms with van der Waals surface area (Å²) in [5.41, 5.74) is 3.70. The number of nitrogens with zero attached hydrogens (tertiary/aromatic N) is 1. The van der Waals surface area contributed by atoms with E-state index in [1.54, 1.807) is 30.3 Å². The fourth-order valence-electron chi connectivity index (χ4n) is 4.04. The van der Waals surface area contributed by atoms with E-state index in [4.69, 9.17) is 9.47 Å². The highest BCUT2D eigenvalue weighted by Gasteiger charge is 2.39. The van der Waals surface area contributed by atoms with Gasteiger partial charge in [0, 0.05) is 18.3 Å². The SMILES string of the molecule is Cc1ccc(C2=C(Nc3ccc4c(c3)OCCO4)C(=O)N(CCc3ccc(F)cc3)C2=O)cc1. The van der Waals surface area contributed by atoms with Crippen LogP contribution in [0.4, 0.5) is 10.1 Å². The van der Waals surface area contributed by atoms with Gasteiger partial charge >= 0.3 is 0 Å². The second-order valence-electron chi connectivity index (χ2n) is 8.24. The van der Waals surface area contributed by atoms with Gasteiger partial charge in [-0.1, -0.05) is 42.0 Å². The molecule has 2 aliphatic heterocycles. The van der Waals surface area contributed by atoms with Crippen LogP contribution in [0.3, 0.4) is 0 Å². The van der Waals surface area contributed by atoms with Crippen LogP contribution in [-0.4, -0.2) is 36.5 Å². The second-order valence-corrected chi connectivity index (χ2v) is 8.24. The zero-order chi connectivity index (χ0) is 23.7. The van der Waals surface area contributed by atoms with Gasteiger partial charge < -0.3 is 14.8 Å². The van der Waals surface area contributed by atoms with Crippen molar-refractivity contribution in [1.82, 2.24) is 4.90 Å². The molecule has 0 bridgehead atoms. The lowest BCUT2D eigenvalue weighted by atomic mass is 10.0. The molecule has 7 heteroatoms. The minimum atomic E-state index is -0.405. The first-order valence-electron chi connectivity index (χ1n) is 11.1. The van der Waals surface area contributed by atoms with Gasteiger partial charge in [-0.15, -0.1) is 0 Å². The van der Waals surface area contributed by atoms with Gasteiger partial charge in [0.1, 0.15) is 24.7 Å². The van der Waals surface area contributed by atoms with Crippen molar-refractivity contribution in [3.63, 3.8) is 0 Å². The van der Waals surface area contributed by atoms with E-state index in [1.807, 2.05) is 31.2 Å². The molecule has 3 aromatic carbocycles. The van der Waals surface area contributed by atoms with E-state index >= 15 is 0 Å². The van der Waals surface area contributed by atoms with Gasteiger partial charge in [0.2, 0.25) is 0 Å². The quantitative estimate of drug-likeness (QED) is 0.557. The number of anilines is 1. The van der Waals surface area contributed by atoms with Crippen molar-refractivity contribution in [2.45, 2.75) is 13.3 Å². The van der Waals surface area contributed by atoms with Crippen LogP contribution in [0.2, 0.25) is 0 Å². The van der Waals surface area contributed by atoms with E-state index < -0.39 is 5.91 Å². The summed E-state index contributed by atoms with van der Waals surface area (Å²) < 4.78 is 24.4. The average molecular weight is 458 g/mol. The van der Waals surface area contributed by atoms with Gasteiger partial charge in [-0.2, -0.15) is 0 Å². The first kappa shape index (κ1) is 21.7. The first-order chi connectivity index (χ1) is 16.5. The van der Waals surface area contributed by atoms with Crippen molar-refractivity contribution in [1.29, 1.82) is 0 Å². The number of hydrogen-bond acceptors (Lipinski definition) is 5. The van der Waals surface area contributed by atoms with Crippen LogP contribution >= 0.6 is 0 Å². The Morgan fingerprint density at radius 2 is 1.59 bits per heavy atom. The number of aryl methyl sites for hydroxylation is 1. The van der Waals surface area contributed by atoms with Crippen molar-refractivity contribution in [2.24, 2.45) is 0 Å². The molecular formula is C27H23FN2O4. The van der Waals surface area contributed by atoms with Crippen LogP contribution in [0.1, 0.15) is 16.7 Å². The smallest absolute Gasteiger partial charge is 0.278 e. The van der Waals surface area contributed by atoms with Gasteiger partial charge in [-0.25, -0.2) is 4.39 Å². The van der Waals surface area contributed by atoms with Crippen LogP contribution < -0.4 is 14.8 Å². The Balaban J connectivity index is 1.45. The van der Waals surface area contributed by atoms with Crippen LogP contribution in [0.15, 0.2) is 72.4 Å². The van der Waals surface area contributed by atoms with E-state index in [0.29, 0.717) is 48.0 Å². The zero-order valence-corrected chi connectivity index (χ0v) is 18.6. The van der Waals surface area contributed by atoms with Gasteiger partial charge in [0.05, 0.1) is 5.57 Å². The van der Waals surface area contributed by atoms with Crippen LogP contribution in [0, 0.1) is 12.7 Å². The summed E-state index contributed by atoms with van der Waals surface area (Å²) >= 11 is 0. The number of carbonyl (C=O) groups is 2. The Labute approximate surface area is 196 Å². The third-order valence-corrected chi connectivity index (χ3v) is 5.86. The fourth-order valence-corrected chi connectivity index (χ4v) is 4.04. The molecule has 0 unspecified atom stereocenters. The molecule has 0 spiro atoms. The summed E-state index contributed by atoms with van der Waals surface area (Å²) in [6.45, 7) is 3.08. The van der Waals surface area contributed by atoms with Gasteiger partial charge in [0.15, 0.2) is 11.5 Å². The third-order valence-electron chi connectivity index (χ3n) is 5.86. The molecule has 2 aliphatic rings. The molecule has 5 rings (SSSR count). The predicted molar refractivity (Wildman–Crippen MR) is 126 cm³/mol. The number of imide groups is 1. The number of carbonyl (C=O) groups excluding carboxylic acids is 2. The molecule has 6 nitrogen and oxygen atoms in total. The number of benzene rings is 3. The standard InChI is InChI=1S/C27H23FN2O4/c1-17-2-6-19(7-3-17)24-25(29-21-10-11-22-23(16-21)34-15-14-33-22)27(32)30(26(24)31)13-12-18-4-8-20(28)9-5-18/h2-11,16,29H,12-15H2,1H3. The summed E-state index contributed by atoms with van der Waals surface area (Å²) in [7, 11) is 0. The monoisotopic (exact) mass is 458 g/mol. The Bertz CT molecular complexity index is 1280. The van der Waals surface area contributed by atoms with Gasteiger partial charge in [0.25, 0.3) is 11.8 Å². The predicted octanol–water partition coefficient (Wildman–Crippen LogP) is 4.34. The molecule has 34 heavy (non-hydrogen) atoms. The maximum absolute atomic E-state index is 13.4. The normalized spacial score (nSPS) is 15.2. The van der Waals surface area contributed by atoms with Crippen molar-refractivity contribution < 1.29 is 23.5 Å². The van der Waals surface area contributed by atoms with E-state index in [0.717, 1.165) is 11.1 Å². The molecule has 1 N–H and O–H groups in total. The highest BCUT2D eigenvalue weighted by molar-refractivity contribution is 6.36. The molecular weight excluding hydrogens is 435 g/mol. The Morgan fingerprint density at radius 3 is 2.32 bits per heavy atom. The highest BCUT2D eigenvalue weighted by Crippen LogP contribution is 2.35. The molecule has 2 heterocycles. The molecule has 3 aromatic rings. The number of hydrogen-bond donors (Lipinski definition) is 1. The zero-order valence-electron chi connectivity index (χ0n) is 18.6. The molecule has 2 amide bonds.